The van der Waals surface area contributed by atoms with Gasteiger partial charge >= 0.3 is 11.9 Å². The summed E-state index contributed by atoms with van der Waals surface area (Å²) in [6.07, 6.45) is -0.849. The predicted octanol–water partition coefficient (Wildman–Crippen LogP) is -0.614. The zero-order valence-corrected chi connectivity index (χ0v) is 13.5. The zero-order chi connectivity index (χ0) is 16.6. The number of ether oxygens (including phenoxy) is 1. The van der Waals surface area contributed by atoms with Crippen LogP contribution in [0.4, 0.5) is 0 Å². The third-order valence-electron chi connectivity index (χ3n) is 3.37. The molecule has 10 heteroatoms. The molecule has 0 aromatic heterocycles. The van der Waals surface area contributed by atoms with Crippen molar-refractivity contribution in [2.45, 2.75) is 24.4 Å². The van der Waals surface area contributed by atoms with Gasteiger partial charge in [-0.05, 0) is 6.92 Å². The second kappa shape index (κ2) is 6.49. The normalized spacial score (nSPS) is 26.4. The Morgan fingerprint density at radius 1 is 1.55 bits per heavy atom. The topological polar surface area (TPSA) is 130 Å². The van der Waals surface area contributed by atoms with E-state index in [1.54, 1.807) is 0 Å². The van der Waals surface area contributed by atoms with Crippen LogP contribution in [-0.2, 0) is 19.1 Å². The van der Waals surface area contributed by atoms with Gasteiger partial charge in [0, 0.05) is 5.75 Å². The number of carboxylic acid groups (broad SMARTS) is 1. The molecule has 2 aliphatic heterocycles. The number of thioether (sulfide) groups is 2. The minimum absolute atomic E-state index is 0.112. The van der Waals surface area contributed by atoms with Crippen LogP contribution in [0.25, 0.3) is 0 Å². The van der Waals surface area contributed by atoms with E-state index in [-0.39, 0.29) is 11.4 Å². The lowest BCUT2D eigenvalue weighted by Gasteiger charge is -2.43. The number of hydrogen-bond donors (Lipinski definition) is 3. The summed E-state index contributed by atoms with van der Waals surface area (Å²) in [5.41, 5.74) is 5.51. The summed E-state index contributed by atoms with van der Waals surface area (Å²) in [4.78, 5) is 35.8. The minimum atomic E-state index is -1.22. The largest absolute Gasteiger partial charge is 0.477 e. The number of esters is 1. The summed E-state index contributed by atoms with van der Waals surface area (Å²) >= 11 is 2.29. The molecule has 0 aromatic carbocycles. The molecule has 0 bridgehead atoms. The fourth-order valence-corrected chi connectivity index (χ4v) is 5.12. The molecule has 1 unspecified atom stereocenters. The summed E-state index contributed by atoms with van der Waals surface area (Å²) < 4.78 is 4.92. The highest BCUT2D eigenvalue weighted by atomic mass is 32.2. The molecule has 8 nitrogen and oxygen atoms in total. The highest BCUT2D eigenvalue weighted by Gasteiger charge is 2.57. The molecular formula is C12H16N2O6S2. The number of nitrogens with two attached hydrogens (primary N) is 1. The van der Waals surface area contributed by atoms with E-state index in [0.29, 0.717) is 4.24 Å². The van der Waals surface area contributed by atoms with Gasteiger partial charge in [-0.2, -0.15) is 0 Å². The van der Waals surface area contributed by atoms with E-state index in [1.165, 1.54) is 30.7 Å². The first-order chi connectivity index (χ1) is 10.3. The van der Waals surface area contributed by atoms with Crippen molar-refractivity contribution in [2.24, 2.45) is 11.7 Å². The van der Waals surface area contributed by atoms with E-state index in [9.17, 15) is 24.6 Å². The third-order valence-corrected chi connectivity index (χ3v) is 6.14. The summed E-state index contributed by atoms with van der Waals surface area (Å²) in [7, 11) is 1.22. The molecule has 2 aliphatic rings. The molecule has 1 fully saturated rings. The van der Waals surface area contributed by atoms with Crippen LogP contribution in [0.15, 0.2) is 9.93 Å². The Labute approximate surface area is 135 Å². The third kappa shape index (κ3) is 2.83. The van der Waals surface area contributed by atoms with Crippen molar-refractivity contribution in [3.05, 3.63) is 9.93 Å². The van der Waals surface area contributed by atoms with Gasteiger partial charge in [0.25, 0.3) is 0 Å². The van der Waals surface area contributed by atoms with Crippen LogP contribution in [0.5, 0.6) is 0 Å². The van der Waals surface area contributed by atoms with Crippen molar-refractivity contribution < 1.29 is 29.3 Å². The molecule has 4 atom stereocenters. The molecule has 0 aromatic rings. The lowest BCUT2D eigenvalue weighted by atomic mass is 9.92. The summed E-state index contributed by atoms with van der Waals surface area (Å²) in [6.45, 7) is 1.50. The number of carbonyl (C=O) groups is 3. The number of aliphatic hydroxyl groups is 1. The number of hydrogen-bond acceptors (Lipinski definition) is 8. The first-order valence-corrected chi connectivity index (χ1v) is 8.27. The summed E-state index contributed by atoms with van der Waals surface area (Å²) in [6, 6.07) is -0.880. The maximum absolute atomic E-state index is 12.0. The number of amides is 1. The molecule has 0 radical (unpaired) electrons. The van der Waals surface area contributed by atoms with E-state index in [1.807, 2.05) is 0 Å². The highest BCUT2D eigenvalue weighted by molar-refractivity contribution is 8.22. The molecule has 22 heavy (non-hydrogen) atoms. The summed E-state index contributed by atoms with van der Waals surface area (Å²) in [5, 5.41) is 18.5. The van der Waals surface area contributed by atoms with Gasteiger partial charge in [-0.15, -0.1) is 11.8 Å². The lowest BCUT2D eigenvalue weighted by Crippen LogP contribution is -2.60. The summed E-state index contributed by atoms with van der Waals surface area (Å²) in [5.74, 6) is -2.69. The number of rotatable bonds is 6. The van der Waals surface area contributed by atoms with E-state index >= 15 is 0 Å². The quantitative estimate of drug-likeness (QED) is 0.425. The number of aliphatic carboxylic acids is 1. The number of β-lactam (4-membered cyclic amide) rings is 1. The van der Waals surface area contributed by atoms with Gasteiger partial charge in [-0.3, -0.25) is 14.5 Å². The standard InChI is InChI=1S/C12H16N2O6S2/c1-4(15)6-8(16)14-7(10(17)18)12(22-9(6)14)21-3-5(13)11(19)20-2/h4-6,9,15H,3,13H2,1-2H3,(H,17,18)/t4?,5-,6+,9-/m1/s1. The smallest absolute Gasteiger partial charge is 0.354 e. The van der Waals surface area contributed by atoms with E-state index in [0.717, 1.165) is 11.8 Å². The van der Waals surface area contributed by atoms with Gasteiger partial charge in [0.1, 0.15) is 11.4 Å². The Morgan fingerprint density at radius 3 is 2.68 bits per heavy atom. The Balaban J connectivity index is 2.12. The predicted molar refractivity (Wildman–Crippen MR) is 80.5 cm³/mol. The second-order valence-corrected chi connectivity index (χ2v) is 7.28. The molecule has 2 rings (SSSR count). The molecule has 4 N–H and O–H groups in total. The fraction of sp³-hybridized carbons (Fsp3) is 0.583. The van der Waals surface area contributed by atoms with Gasteiger partial charge in [-0.25, -0.2) is 4.79 Å². The van der Waals surface area contributed by atoms with E-state index < -0.39 is 41.3 Å². The molecule has 0 spiro atoms. The van der Waals surface area contributed by atoms with Crippen LogP contribution in [0.1, 0.15) is 6.92 Å². The van der Waals surface area contributed by atoms with Gasteiger partial charge < -0.3 is 20.7 Å². The second-order valence-electron chi connectivity index (χ2n) is 4.86. The minimum Gasteiger partial charge on any atom is -0.477 e. The molecule has 0 saturated carbocycles. The Bertz CT molecular complexity index is 550. The lowest BCUT2D eigenvalue weighted by molar-refractivity contribution is -0.156. The number of carboxylic acids is 1. The van der Waals surface area contributed by atoms with Crippen LogP contribution in [0.2, 0.25) is 0 Å². The van der Waals surface area contributed by atoms with Crippen molar-refractivity contribution >= 4 is 41.4 Å². The maximum Gasteiger partial charge on any atom is 0.354 e. The van der Waals surface area contributed by atoms with Gasteiger partial charge in [0.05, 0.1) is 23.4 Å². The highest BCUT2D eigenvalue weighted by Crippen LogP contribution is 2.53. The molecule has 2 heterocycles. The van der Waals surface area contributed by atoms with Crippen molar-refractivity contribution in [2.75, 3.05) is 12.9 Å². The van der Waals surface area contributed by atoms with Crippen LogP contribution < -0.4 is 5.73 Å². The van der Waals surface area contributed by atoms with Gasteiger partial charge in [0.15, 0.2) is 5.70 Å². The molecule has 0 aliphatic carbocycles. The Morgan fingerprint density at radius 2 is 2.18 bits per heavy atom. The fourth-order valence-electron chi connectivity index (χ4n) is 2.24. The van der Waals surface area contributed by atoms with Crippen LogP contribution >= 0.6 is 23.5 Å². The van der Waals surface area contributed by atoms with Gasteiger partial charge in [-0.1, -0.05) is 11.8 Å². The average Bonchev–Trinajstić information content (AvgIpc) is 2.77. The van der Waals surface area contributed by atoms with Crippen LogP contribution in [0, 0.1) is 5.92 Å². The molecule has 1 saturated heterocycles. The van der Waals surface area contributed by atoms with Crippen LogP contribution in [-0.4, -0.2) is 63.3 Å². The number of aliphatic hydroxyl groups excluding tert-OH is 1. The Hall–Kier alpha value is -1.23. The first-order valence-electron chi connectivity index (χ1n) is 6.41. The van der Waals surface area contributed by atoms with E-state index in [2.05, 4.69) is 4.74 Å². The number of methoxy groups -OCH3 is 1. The van der Waals surface area contributed by atoms with Crippen LogP contribution in [0.3, 0.4) is 0 Å². The van der Waals surface area contributed by atoms with Crippen molar-refractivity contribution in [1.29, 1.82) is 0 Å². The number of fused-ring (bicyclic) bond motifs is 1. The maximum atomic E-state index is 12.0. The van der Waals surface area contributed by atoms with E-state index in [4.69, 9.17) is 5.73 Å². The van der Waals surface area contributed by atoms with Crippen molar-refractivity contribution in [3.63, 3.8) is 0 Å². The van der Waals surface area contributed by atoms with Gasteiger partial charge in [0.2, 0.25) is 5.91 Å². The SMILES string of the molecule is COC(=O)[C@H](N)CSC1=C(C(=O)O)N2C(=O)[C@H](C(C)O)[C@H]2S1. The average molecular weight is 348 g/mol. The molecule has 1 amide bonds. The Kier molecular flexibility index (Phi) is 5.05. The van der Waals surface area contributed by atoms with Crippen molar-refractivity contribution in [3.8, 4) is 0 Å². The number of nitrogens with zero attached hydrogens (tertiary/aromatic N) is 1. The first kappa shape index (κ1) is 17.1. The molecule has 122 valence electrons. The monoisotopic (exact) mass is 348 g/mol. The zero-order valence-electron chi connectivity index (χ0n) is 11.9. The number of carbonyl (C=O) groups excluding carboxylic acids is 2. The van der Waals surface area contributed by atoms with Crippen molar-refractivity contribution in [1.82, 2.24) is 4.90 Å². The molecular weight excluding hydrogens is 332 g/mol.